The summed E-state index contributed by atoms with van der Waals surface area (Å²) in [6.07, 6.45) is 8.34. The molecule has 20 heavy (non-hydrogen) atoms. The second kappa shape index (κ2) is 7.79. The van der Waals surface area contributed by atoms with Gasteiger partial charge in [-0.05, 0) is 63.3 Å². The van der Waals surface area contributed by atoms with Gasteiger partial charge in [0.25, 0.3) is 0 Å². The van der Waals surface area contributed by atoms with Crippen molar-refractivity contribution in [2.45, 2.75) is 78.3 Å². The first-order valence-corrected chi connectivity index (χ1v) is 9.11. The van der Waals surface area contributed by atoms with Crippen molar-refractivity contribution in [1.29, 1.82) is 0 Å². The number of rotatable bonds is 6. The lowest BCUT2D eigenvalue weighted by Crippen LogP contribution is -2.46. The third-order valence-corrected chi connectivity index (χ3v) is 5.71. The van der Waals surface area contributed by atoms with E-state index in [4.69, 9.17) is 0 Å². The predicted molar refractivity (Wildman–Crippen MR) is 88.0 cm³/mol. The molecule has 1 N–H and O–H groups in total. The lowest BCUT2D eigenvalue weighted by molar-refractivity contribution is 0.133. The minimum absolute atomic E-state index is 0.779. The van der Waals surface area contributed by atoms with Gasteiger partial charge < -0.3 is 10.2 Å². The molecule has 2 aliphatic rings. The molecule has 2 nitrogen and oxygen atoms in total. The van der Waals surface area contributed by atoms with Crippen LogP contribution in [0.4, 0.5) is 0 Å². The highest BCUT2D eigenvalue weighted by atomic mass is 15.2. The van der Waals surface area contributed by atoms with Crippen LogP contribution in [0.3, 0.4) is 0 Å². The maximum atomic E-state index is 3.84. The Morgan fingerprint density at radius 3 is 2.50 bits per heavy atom. The number of hydrogen-bond donors (Lipinski definition) is 1. The van der Waals surface area contributed by atoms with Crippen LogP contribution in [0.25, 0.3) is 0 Å². The highest BCUT2D eigenvalue weighted by molar-refractivity contribution is 4.89. The van der Waals surface area contributed by atoms with Crippen molar-refractivity contribution in [1.82, 2.24) is 10.2 Å². The zero-order chi connectivity index (χ0) is 14.5. The summed E-state index contributed by atoms with van der Waals surface area (Å²) in [5.41, 5.74) is 0. The highest BCUT2D eigenvalue weighted by Gasteiger charge is 2.34. The first-order chi connectivity index (χ1) is 9.63. The van der Waals surface area contributed by atoms with Crippen LogP contribution in [-0.4, -0.2) is 36.6 Å². The summed E-state index contributed by atoms with van der Waals surface area (Å²) in [6, 6.07) is 1.58. The van der Waals surface area contributed by atoms with Crippen molar-refractivity contribution in [3.8, 4) is 0 Å². The summed E-state index contributed by atoms with van der Waals surface area (Å²) >= 11 is 0. The Hall–Kier alpha value is -0.0800. The Kier molecular flexibility index (Phi) is 6.35. The monoisotopic (exact) mass is 280 g/mol. The Bertz CT molecular complexity index is 279. The van der Waals surface area contributed by atoms with Gasteiger partial charge in [0.05, 0.1) is 0 Å². The topological polar surface area (TPSA) is 15.3 Å². The van der Waals surface area contributed by atoms with Crippen molar-refractivity contribution < 1.29 is 0 Å². The van der Waals surface area contributed by atoms with Gasteiger partial charge in [-0.25, -0.2) is 0 Å². The summed E-state index contributed by atoms with van der Waals surface area (Å²) in [4.78, 5) is 2.77. The van der Waals surface area contributed by atoms with Gasteiger partial charge in [-0.2, -0.15) is 0 Å². The molecule has 0 aromatic carbocycles. The molecule has 1 saturated heterocycles. The van der Waals surface area contributed by atoms with Crippen molar-refractivity contribution >= 4 is 0 Å². The summed E-state index contributed by atoms with van der Waals surface area (Å²) in [6.45, 7) is 13.4. The molecule has 1 saturated carbocycles. The van der Waals surface area contributed by atoms with Crippen LogP contribution in [0.5, 0.6) is 0 Å². The molecule has 0 spiro atoms. The number of nitrogens with one attached hydrogen (secondary N) is 1. The molecular weight excluding hydrogens is 244 g/mol. The first-order valence-electron chi connectivity index (χ1n) is 9.11. The van der Waals surface area contributed by atoms with E-state index >= 15 is 0 Å². The molecule has 2 rings (SSSR count). The second-order valence-electron chi connectivity index (χ2n) is 7.55. The van der Waals surface area contributed by atoms with Crippen LogP contribution in [-0.2, 0) is 0 Å². The molecule has 5 unspecified atom stereocenters. The van der Waals surface area contributed by atoms with Crippen molar-refractivity contribution in [2.24, 2.45) is 17.8 Å². The predicted octanol–water partition coefficient (Wildman–Crippen LogP) is 3.91. The van der Waals surface area contributed by atoms with E-state index in [1.807, 2.05) is 0 Å². The lowest BCUT2D eigenvalue weighted by Gasteiger charge is -2.39. The molecule has 0 radical (unpaired) electrons. The van der Waals surface area contributed by atoms with E-state index in [9.17, 15) is 0 Å². The first kappa shape index (κ1) is 16.3. The Labute approximate surface area is 126 Å². The molecule has 118 valence electrons. The normalized spacial score (nSPS) is 39.3. The van der Waals surface area contributed by atoms with Crippen molar-refractivity contribution in [2.75, 3.05) is 19.6 Å². The van der Waals surface area contributed by atoms with Gasteiger partial charge in [0, 0.05) is 25.2 Å². The van der Waals surface area contributed by atoms with E-state index in [2.05, 4.69) is 37.9 Å². The zero-order valence-electron chi connectivity index (χ0n) is 14.2. The number of hydrogen-bond acceptors (Lipinski definition) is 2. The van der Waals surface area contributed by atoms with Gasteiger partial charge >= 0.3 is 0 Å². The molecule has 1 heterocycles. The third-order valence-electron chi connectivity index (χ3n) is 5.71. The van der Waals surface area contributed by atoms with Gasteiger partial charge in [-0.15, -0.1) is 0 Å². The fourth-order valence-corrected chi connectivity index (χ4v) is 4.47. The van der Waals surface area contributed by atoms with E-state index in [0.717, 1.165) is 29.8 Å². The van der Waals surface area contributed by atoms with E-state index in [0.29, 0.717) is 0 Å². The largest absolute Gasteiger partial charge is 0.314 e. The lowest BCUT2D eigenvalue weighted by atomic mass is 9.76. The molecule has 0 bridgehead atoms. The van der Waals surface area contributed by atoms with Crippen LogP contribution in [0, 0.1) is 17.8 Å². The standard InChI is InChI=1S/C18H36N2/c1-5-9-19-18-8-7-16(6-2)11-17(18)13-20-12-14(3)10-15(20)4/h14-19H,5-13H2,1-4H3. The summed E-state index contributed by atoms with van der Waals surface area (Å²) in [5, 5.41) is 3.84. The van der Waals surface area contributed by atoms with Gasteiger partial charge in [0.15, 0.2) is 0 Å². The third kappa shape index (κ3) is 4.21. The molecule has 5 atom stereocenters. The van der Waals surface area contributed by atoms with E-state index in [1.165, 1.54) is 58.2 Å². The van der Waals surface area contributed by atoms with Crippen LogP contribution in [0.2, 0.25) is 0 Å². The van der Waals surface area contributed by atoms with Gasteiger partial charge in [-0.1, -0.05) is 27.2 Å². The van der Waals surface area contributed by atoms with E-state index in [-0.39, 0.29) is 0 Å². The average Bonchev–Trinajstić information content (AvgIpc) is 2.75. The van der Waals surface area contributed by atoms with Crippen LogP contribution >= 0.6 is 0 Å². The molecule has 1 aliphatic heterocycles. The number of likely N-dealkylation sites (tertiary alicyclic amines) is 1. The zero-order valence-corrected chi connectivity index (χ0v) is 14.2. The fraction of sp³-hybridized carbons (Fsp3) is 1.00. The summed E-state index contributed by atoms with van der Waals surface area (Å²) in [7, 11) is 0. The minimum Gasteiger partial charge on any atom is -0.314 e. The molecule has 0 amide bonds. The maximum Gasteiger partial charge on any atom is 0.0108 e. The molecule has 2 heteroatoms. The maximum absolute atomic E-state index is 3.84. The smallest absolute Gasteiger partial charge is 0.0108 e. The Balaban J connectivity index is 1.92. The van der Waals surface area contributed by atoms with Gasteiger partial charge in [0.2, 0.25) is 0 Å². The minimum atomic E-state index is 0.779. The van der Waals surface area contributed by atoms with Gasteiger partial charge in [-0.3, -0.25) is 0 Å². The fourth-order valence-electron chi connectivity index (χ4n) is 4.47. The second-order valence-corrected chi connectivity index (χ2v) is 7.55. The van der Waals surface area contributed by atoms with E-state index in [1.54, 1.807) is 0 Å². The molecule has 0 aromatic rings. The van der Waals surface area contributed by atoms with Crippen LogP contribution in [0.1, 0.15) is 66.2 Å². The Morgan fingerprint density at radius 2 is 1.90 bits per heavy atom. The van der Waals surface area contributed by atoms with Gasteiger partial charge in [0.1, 0.15) is 0 Å². The molecule has 2 fully saturated rings. The van der Waals surface area contributed by atoms with Crippen LogP contribution < -0.4 is 5.32 Å². The van der Waals surface area contributed by atoms with Crippen molar-refractivity contribution in [3.05, 3.63) is 0 Å². The van der Waals surface area contributed by atoms with Crippen molar-refractivity contribution in [3.63, 3.8) is 0 Å². The van der Waals surface area contributed by atoms with E-state index < -0.39 is 0 Å². The van der Waals surface area contributed by atoms with Crippen LogP contribution in [0.15, 0.2) is 0 Å². The summed E-state index contributed by atoms with van der Waals surface area (Å²) < 4.78 is 0. The Morgan fingerprint density at radius 1 is 1.10 bits per heavy atom. The molecule has 0 aromatic heterocycles. The quantitative estimate of drug-likeness (QED) is 0.793. The number of nitrogens with zero attached hydrogens (tertiary/aromatic N) is 1. The molecular formula is C18H36N2. The average molecular weight is 280 g/mol. The summed E-state index contributed by atoms with van der Waals surface area (Å²) in [5.74, 6) is 2.76. The highest BCUT2D eigenvalue weighted by Crippen LogP contribution is 2.34. The SMILES string of the molecule is CCCNC1CCC(CC)CC1CN1CC(C)CC1C. The molecule has 1 aliphatic carbocycles.